The standard InChI is InChI=1S/C19H33N7O/c1-12-4-5-15(8-13(12)2)24-19(27)26-18-23-14(3)9-17(25-18)21-7-6-16-10-20-11-22-16/h4-5,8,14,16-18,20-23,25H,6-7,9-11H2,1-3H3,(H2,24,26,27). The molecule has 2 aliphatic rings. The Morgan fingerprint density at radius 3 is 2.81 bits per heavy atom. The van der Waals surface area contributed by atoms with Crippen LogP contribution in [0.2, 0.25) is 0 Å². The Hall–Kier alpha value is -1.71. The third-order valence-corrected chi connectivity index (χ3v) is 5.24. The summed E-state index contributed by atoms with van der Waals surface area (Å²) >= 11 is 0. The number of hydrogen-bond acceptors (Lipinski definition) is 6. The van der Waals surface area contributed by atoms with Crippen LogP contribution < -0.4 is 37.2 Å². The average Bonchev–Trinajstić information content (AvgIpc) is 3.11. The number of benzene rings is 1. The summed E-state index contributed by atoms with van der Waals surface area (Å²) in [6.07, 6.45) is 1.94. The number of anilines is 1. The molecule has 0 spiro atoms. The first-order valence-corrected chi connectivity index (χ1v) is 9.84. The molecule has 0 radical (unpaired) electrons. The molecular weight excluding hydrogens is 342 g/mol. The van der Waals surface area contributed by atoms with Crippen molar-refractivity contribution in [3.8, 4) is 0 Å². The van der Waals surface area contributed by atoms with E-state index in [4.69, 9.17) is 0 Å². The van der Waals surface area contributed by atoms with Crippen LogP contribution >= 0.6 is 0 Å². The van der Waals surface area contributed by atoms with Crippen molar-refractivity contribution in [2.75, 3.05) is 25.1 Å². The van der Waals surface area contributed by atoms with Crippen LogP contribution in [0.4, 0.5) is 10.5 Å². The highest BCUT2D eigenvalue weighted by molar-refractivity contribution is 5.89. The smallest absolute Gasteiger partial charge is 0.310 e. The van der Waals surface area contributed by atoms with Crippen molar-refractivity contribution in [2.45, 2.75) is 58.2 Å². The predicted molar refractivity (Wildman–Crippen MR) is 108 cm³/mol. The van der Waals surface area contributed by atoms with Crippen LogP contribution in [0, 0.1) is 13.8 Å². The minimum atomic E-state index is -0.274. The van der Waals surface area contributed by atoms with Gasteiger partial charge in [0.2, 0.25) is 0 Å². The molecule has 0 aliphatic carbocycles. The lowest BCUT2D eigenvalue weighted by Gasteiger charge is -2.37. The van der Waals surface area contributed by atoms with Gasteiger partial charge >= 0.3 is 6.03 Å². The number of rotatable bonds is 6. The number of aryl methyl sites for hydroxylation is 2. The van der Waals surface area contributed by atoms with Gasteiger partial charge in [-0.2, -0.15) is 0 Å². The molecule has 0 aromatic heterocycles. The van der Waals surface area contributed by atoms with E-state index in [0.29, 0.717) is 12.1 Å². The van der Waals surface area contributed by atoms with E-state index in [1.54, 1.807) is 0 Å². The first kappa shape index (κ1) is 20.0. The number of amides is 2. The van der Waals surface area contributed by atoms with E-state index < -0.39 is 0 Å². The first-order valence-electron chi connectivity index (χ1n) is 9.84. The molecular formula is C19H33N7O. The molecule has 2 amide bonds. The lowest BCUT2D eigenvalue weighted by Crippen LogP contribution is -2.67. The second-order valence-corrected chi connectivity index (χ2v) is 7.63. The average molecular weight is 376 g/mol. The highest BCUT2D eigenvalue weighted by Crippen LogP contribution is 2.14. The zero-order valence-corrected chi connectivity index (χ0v) is 16.5. The topological polar surface area (TPSA) is 101 Å². The Morgan fingerprint density at radius 1 is 1.22 bits per heavy atom. The number of nitrogens with one attached hydrogen (secondary N) is 7. The highest BCUT2D eigenvalue weighted by Gasteiger charge is 2.26. The number of carbonyl (C=O) groups excluding carboxylic acids is 1. The molecule has 0 bridgehead atoms. The maximum absolute atomic E-state index is 12.3. The summed E-state index contributed by atoms with van der Waals surface area (Å²) in [5, 5.41) is 22.9. The van der Waals surface area contributed by atoms with Crippen molar-refractivity contribution in [1.82, 2.24) is 31.9 Å². The van der Waals surface area contributed by atoms with Crippen LogP contribution in [0.1, 0.15) is 30.9 Å². The Kier molecular flexibility index (Phi) is 7.03. The van der Waals surface area contributed by atoms with Gasteiger partial charge in [-0.1, -0.05) is 6.07 Å². The van der Waals surface area contributed by atoms with Crippen LogP contribution in [-0.4, -0.2) is 50.3 Å². The van der Waals surface area contributed by atoms with Crippen molar-refractivity contribution in [3.63, 3.8) is 0 Å². The van der Waals surface area contributed by atoms with E-state index in [9.17, 15) is 4.79 Å². The molecule has 2 heterocycles. The zero-order valence-electron chi connectivity index (χ0n) is 16.5. The van der Waals surface area contributed by atoms with E-state index in [-0.39, 0.29) is 18.5 Å². The van der Waals surface area contributed by atoms with E-state index in [1.807, 2.05) is 25.1 Å². The molecule has 8 heteroatoms. The normalized spacial score (nSPS) is 28.1. The summed E-state index contributed by atoms with van der Waals surface area (Å²) in [5.74, 6) is 0. The molecule has 4 atom stereocenters. The minimum Gasteiger partial charge on any atom is -0.310 e. The Labute approximate surface area is 161 Å². The van der Waals surface area contributed by atoms with Gasteiger partial charge in [0.05, 0.1) is 6.17 Å². The fourth-order valence-electron chi connectivity index (χ4n) is 3.54. The zero-order chi connectivity index (χ0) is 19.2. The van der Waals surface area contributed by atoms with E-state index in [0.717, 1.165) is 43.9 Å². The Morgan fingerprint density at radius 2 is 2.07 bits per heavy atom. The van der Waals surface area contributed by atoms with Gasteiger partial charge in [-0.15, -0.1) is 0 Å². The molecule has 8 nitrogen and oxygen atoms in total. The minimum absolute atomic E-state index is 0.169. The molecule has 0 saturated carbocycles. The lowest BCUT2D eigenvalue weighted by molar-refractivity contribution is 0.193. The van der Waals surface area contributed by atoms with Gasteiger partial charge in [-0.25, -0.2) is 4.79 Å². The molecule has 150 valence electrons. The van der Waals surface area contributed by atoms with E-state index >= 15 is 0 Å². The lowest BCUT2D eigenvalue weighted by atomic mass is 10.1. The summed E-state index contributed by atoms with van der Waals surface area (Å²) < 4.78 is 0. The monoisotopic (exact) mass is 375 g/mol. The fraction of sp³-hybridized carbons (Fsp3) is 0.632. The summed E-state index contributed by atoms with van der Waals surface area (Å²) in [6.45, 7) is 9.09. The third kappa shape index (κ3) is 6.15. The quantitative estimate of drug-likeness (QED) is 0.391. The molecule has 7 N–H and O–H groups in total. The van der Waals surface area contributed by atoms with Crippen molar-refractivity contribution >= 4 is 11.7 Å². The number of hydrogen-bond donors (Lipinski definition) is 7. The maximum Gasteiger partial charge on any atom is 0.321 e. The third-order valence-electron chi connectivity index (χ3n) is 5.24. The van der Waals surface area contributed by atoms with Crippen molar-refractivity contribution in [3.05, 3.63) is 29.3 Å². The van der Waals surface area contributed by atoms with Crippen LogP contribution in [0.5, 0.6) is 0 Å². The number of urea groups is 1. The molecule has 4 unspecified atom stereocenters. The van der Waals surface area contributed by atoms with Gasteiger partial charge in [-0.3, -0.25) is 10.6 Å². The van der Waals surface area contributed by atoms with Crippen molar-refractivity contribution in [1.29, 1.82) is 0 Å². The second kappa shape index (κ2) is 9.48. The van der Waals surface area contributed by atoms with Crippen molar-refractivity contribution in [2.24, 2.45) is 0 Å². The van der Waals surface area contributed by atoms with Gasteiger partial charge in [-0.05, 0) is 63.4 Å². The largest absolute Gasteiger partial charge is 0.321 e. The summed E-state index contributed by atoms with van der Waals surface area (Å²) in [5.41, 5.74) is 3.17. The fourth-order valence-corrected chi connectivity index (χ4v) is 3.54. The first-order chi connectivity index (χ1) is 13.0. The Bertz CT molecular complexity index is 632. The molecule has 27 heavy (non-hydrogen) atoms. The molecule has 2 fully saturated rings. The van der Waals surface area contributed by atoms with Crippen LogP contribution in [0.3, 0.4) is 0 Å². The molecule has 1 aromatic rings. The van der Waals surface area contributed by atoms with Gasteiger partial charge in [0, 0.05) is 31.0 Å². The summed E-state index contributed by atoms with van der Waals surface area (Å²) in [7, 11) is 0. The molecule has 2 aliphatic heterocycles. The summed E-state index contributed by atoms with van der Waals surface area (Å²) in [4.78, 5) is 12.3. The van der Waals surface area contributed by atoms with Gasteiger partial charge in [0.1, 0.15) is 6.29 Å². The van der Waals surface area contributed by atoms with Crippen molar-refractivity contribution < 1.29 is 4.79 Å². The molecule has 1 aromatic carbocycles. The molecule has 2 saturated heterocycles. The number of carbonyl (C=O) groups is 1. The van der Waals surface area contributed by atoms with E-state index in [1.165, 1.54) is 5.56 Å². The van der Waals surface area contributed by atoms with Crippen LogP contribution in [-0.2, 0) is 0 Å². The van der Waals surface area contributed by atoms with Crippen LogP contribution in [0.15, 0.2) is 18.2 Å². The van der Waals surface area contributed by atoms with Crippen LogP contribution in [0.25, 0.3) is 0 Å². The SMILES string of the molecule is Cc1ccc(NC(=O)NC2NC(C)CC(NCCC3CNCN3)N2)cc1C. The second-order valence-electron chi connectivity index (χ2n) is 7.63. The van der Waals surface area contributed by atoms with Gasteiger partial charge < -0.3 is 26.6 Å². The highest BCUT2D eigenvalue weighted by atomic mass is 16.2. The Balaban J connectivity index is 1.43. The molecule has 3 rings (SSSR count). The maximum atomic E-state index is 12.3. The summed E-state index contributed by atoms with van der Waals surface area (Å²) in [6, 6.07) is 6.53. The predicted octanol–water partition coefficient (Wildman–Crippen LogP) is 0.505. The van der Waals surface area contributed by atoms with Gasteiger partial charge in [0.25, 0.3) is 0 Å². The van der Waals surface area contributed by atoms with Gasteiger partial charge in [0.15, 0.2) is 0 Å². The van der Waals surface area contributed by atoms with E-state index in [2.05, 4.69) is 51.1 Å².